The molecule has 0 unspecified atom stereocenters. The summed E-state index contributed by atoms with van der Waals surface area (Å²) in [6, 6.07) is 16.2. The molecule has 1 saturated heterocycles. The summed E-state index contributed by atoms with van der Waals surface area (Å²) in [5.41, 5.74) is 9.76. The Labute approximate surface area is 410 Å². The monoisotopic (exact) mass is 1020 g/mol. The Bertz CT molecular complexity index is 3010. The molecule has 3 aromatic carbocycles. The van der Waals surface area contributed by atoms with Gasteiger partial charge in [0.05, 0.1) is 33.6 Å². The van der Waals surface area contributed by atoms with Crippen molar-refractivity contribution in [2.45, 2.75) is 90.6 Å². The first-order valence-electron chi connectivity index (χ1n) is 22.2. The number of amides is 4. The van der Waals surface area contributed by atoms with Crippen molar-refractivity contribution in [3.05, 3.63) is 113 Å². The van der Waals surface area contributed by atoms with Crippen LogP contribution in [-0.4, -0.2) is 97.5 Å². The number of likely N-dealkylation sites (tertiary alicyclic amines) is 1. The molecule has 0 radical (unpaired) electrons. The number of ether oxygens (including phenoxy) is 1. The lowest BCUT2D eigenvalue weighted by atomic mass is 9.85. The number of sulfonamides is 1. The van der Waals surface area contributed by atoms with Gasteiger partial charge in [-0.25, -0.2) is 17.8 Å². The predicted octanol–water partition coefficient (Wildman–Crippen LogP) is 5.99. The number of aromatic amines is 1. The molecule has 8 N–H and O–H groups in total. The topological polar surface area (TPSA) is 269 Å². The van der Waals surface area contributed by atoms with Crippen molar-refractivity contribution in [1.29, 1.82) is 0 Å². The second-order valence-electron chi connectivity index (χ2n) is 17.9. The minimum Gasteiger partial charge on any atom is -0.484 e. The number of rotatable bonds is 19. The van der Waals surface area contributed by atoms with Crippen molar-refractivity contribution >= 4 is 62.3 Å². The summed E-state index contributed by atoms with van der Waals surface area (Å²) in [6.45, 7) is 9.00. The van der Waals surface area contributed by atoms with Crippen LogP contribution in [0.2, 0.25) is 0 Å². The third-order valence-corrected chi connectivity index (χ3v) is 13.5. The number of thiazole rings is 1. The van der Waals surface area contributed by atoms with Crippen molar-refractivity contribution in [2.24, 2.45) is 11.1 Å². The Morgan fingerprint density at radius 2 is 1.73 bits per heavy atom. The average molecular weight is 1020 g/mol. The van der Waals surface area contributed by atoms with Gasteiger partial charge in [-0.05, 0) is 60.2 Å². The number of anilines is 3. The number of aliphatic hydroxyl groups excluding tert-OH is 1. The van der Waals surface area contributed by atoms with E-state index in [1.165, 1.54) is 63.4 Å². The molecule has 1 aliphatic heterocycles. The summed E-state index contributed by atoms with van der Waals surface area (Å²) in [5.74, 6) is -6.77. The van der Waals surface area contributed by atoms with Gasteiger partial charge in [-0.3, -0.25) is 33.7 Å². The van der Waals surface area contributed by atoms with Gasteiger partial charge >= 0.3 is 5.76 Å². The number of nitrogens with one attached hydrogen (secondary N) is 5. The Morgan fingerprint density at radius 3 is 2.38 bits per heavy atom. The first-order valence-corrected chi connectivity index (χ1v) is 24.6. The van der Waals surface area contributed by atoms with E-state index >= 15 is 0 Å². The number of nitrogens with two attached hydrogens (primary N) is 1. The van der Waals surface area contributed by atoms with Gasteiger partial charge < -0.3 is 36.4 Å². The van der Waals surface area contributed by atoms with Gasteiger partial charge in [0, 0.05) is 50.3 Å². The number of H-pyrrole nitrogens is 1. The fourth-order valence-corrected chi connectivity index (χ4v) is 9.21. The molecule has 71 heavy (non-hydrogen) atoms. The Kier molecular flexibility index (Phi) is 15.5. The summed E-state index contributed by atoms with van der Waals surface area (Å²) < 4.78 is 73.9. The molecule has 7 rings (SSSR count). The number of carbonyl (C=O) groups is 4. The Hall–Kier alpha value is -7.31. The molecule has 1 aliphatic rings. The number of hydrogen-bond donors (Lipinski definition) is 7. The van der Waals surface area contributed by atoms with Crippen molar-refractivity contribution in [1.82, 2.24) is 40.5 Å². The lowest BCUT2D eigenvalue weighted by Gasteiger charge is -2.35. The summed E-state index contributed by atoms with van der Waals surface area (Å²) in [6.07, 6.45) is -0.324. The number of benzene rings is 3. The second kappa shape index (κ2) is 21.4. The van der Waals surface area contributed by atoms with E-state index < -0.39 is 74.9 Å². The van der Waals surface area contributed by atoms with Crippen LogP contribution in [0.3, 0.4) is 0 Å². The normalized spacial score (nSPS) is 15.8. The zero-order valence-electron chi connectivity index (χ0n) is 39.1. The number of primary amides is 1. The Balaban J connectivity index is 0.990. The summed E-state index contributed by atoms with van der Waals surface area (Å²) in [7, 11) is -5.14. The maximum Gasteiger partial charge on any atom is 0.355 e. The molecular weight excluding hydrogens is 968 g/mol. The summed E-state index contributed by atoms with van der Waals surface area (Å²) >= 11 is 1.54. The number of hydrogen-bond acceptors (Lipinski definition) is 13. The zero-order valence-corrected chi connectivity index (χ0v) is 40.7. The Morgan fingerprint density at radius 1 is 1.03 bits per heavy atom. The van der Waals surface area contributed by atoms with Crippen LogP contribution in [-0.2, 0) is 37.5 Å². The molecule has 24 heteroatoms. The van der Waals surface area contributed by atoms with Crippen molar-refractivity contribution < 1.29 is 50.6 Å². The quantitative estimate of drug-likeness (QED) is 0.0493. The number of nitrogens with zero attached hydrogens (tertiary/aromatic N) is 5. The lowest BCUT2D eigenvalue weighted by Crippen LogP contribution is -2.57. The van der Waals surface area contributed by atoms with Crippen molar-refractivity contribution in [3.63, 3.8) is 0 Å². The molecule has 0 spiro atoms. The molecule has 4 atom stereocenters. The molecule has 4 amide bonds. The van der Waals surface area contributed by atoms with E-state index in [1.807, 2.05) is 35.9 Å². The maximum absolute atomic E-state index is 14.2. The molecule has 0 bridgehead atoms. The van der Waals surface area contributed by atoms with Crippen LogP contribution >= 0.6 is 11.3 Å². The molecule has 19 nitrogen and oxygen atoms in total. The number of aliphatic hydroxyl groups is 1. The van der Waals surface area contributed by atoms with Crippen LogP contribution < -0.4 is 31.1 Å². The smallest absolute Gasteiger partial charge is 0.355 e. The average Bonchev–Trinajstić information content (AvgIpc) is 4.14. The fraction of sp³-hybridized carbons (Fsp3) is 0.340. The number of alkyl halides is 2. The number of β-amino-alcohol motifs (C(OH)–C–C–N with tert-alkyl or cyclic N) is 1. The van der Waals surface area contributed by atoms with Gasteiger partial charge in [0.25, 0.3) is 15.9 Å². The minimum absolute atomic E-state index is 0.0298. The number of aryl methyl sites for hydroxylation is 2. The number of halogens is 3. The van der Waals surface area contributed by atoms with Crippen LogP contribution in [0.1, 0.15) is 73.8 Å². The van der Waals surface area contributed by atoms with Gasteiger partial charge in [-0.15, -0.1) is 11.3 Å². The molecule has 4 heterocycles. The highest BCUT2D eigenvalue weighted by molar-refractivity contribution is 7.93. The summed E-state index contributed by atoms with van der Waals surface area (Å²) in [4.78, 5) is 60.7. The molecular formula is C47H52F3N11O8S2. The standard InChI is InChI=1S/C47H52F3N11O8S2/c1-25-40(70-24-53-25)29-8-6-27(7-9-29)22-52-44(65)34-21-32(62)23-61(34)45(66)41(47(3,4)5)55-37(63)17-19-60-18-16-36(58-60)54-43-38(42(51)64)39(56-57-43)30-12-15-33(59-71(67,68)46(49)50)35(20-30)69-26(2)28-10-13-31(48)14-11-28/h6-16,18,20,24,26,32,34,41,46,59,62H,17,19,21-23H2,1-5H3,(H2,51,64)(H,52,65)(H,55,63)(H2,54,56,57,58)/t26-,32+,34-,41+/m0/s1. The molecule has 6 aromatic rings. The highest BCUT2D eigenvalue weighted by Gasteiger charge is 2.44. The molecule has 0 saturated carbocycles. The third-order valence-electron chi connectivity index (χ3n) is 11.6. The first-order chi connectivity index (χ1) is 33.6. The second-order valence-corrected chi connectivity index (χ2v) is 20.4. The molecule has 1 fully saturated rings. The minimum atomic E-state index is -5.14. The number of aromatic nitrogens is 5. The lowest BCUT2D eigenvalue weighted by molar-refractivity contribution is -0.144. The van der Waals surface area contributed by atoms with Crippen LogP contribution in [0.4, 0.5) is 30.5 Å². The van der Waals surface area contributed by atoms with E-state index in [0.29, 0.717) is 5.56 Å². The van der Waals surface area contributed by atoms with Crippen molar-refractivity contribution in [2.75, 3.05) is 16.6 Å². The van der Waals surface area contributed by atoms with E-state index in [1.54, 1.807) is 39.4 Å². The van der Waals surface area contributed by atoms with E-state index in [-0.39, 0.29) is 72.4 Å². The largest absolute Gasteiger partial charge is 0.484 e. The highest BCUT2D eigenvalue weighted by atomic mass is 32.2. The van der Waals surface area contributed by atoms with Crippen LogP contribution in [0, 0.1) is 18.2 Å². The van der Waals surface area contributed by atoms with E-state index in [2.05, 4.69) is 36.2 Å². The molecule has 376 valence electrons. The van der Waals surface area contributed by atoms with E-state index in [9.17, 15) is 45.9 Å². The predicted molar refractivity (Wildman–Crippen MR) is 258 cm³/mol. The maximum atomic E-state index is 14.2. The van der Waals surface area contributed by atoms with Gasteiger partial charge in [-0.2, -0.15) is 19.0 Å². The highest BCUT2D eigenvalue weighted by Crippen LogP contribution is 2.37. The molecule has 0 aliphatic carbocycles. The van der Waals surface area contributed by atoms with Gasteiger partial charge in [-0.1, -0.05) is 63.2 Å². The number of carbonyl (C=O) groups excluding carboxylic acids is 4. The molecule has 3 aromatic heterocycles. The van der Waals surface area contributed by atoms with Crippen LogP contribution in [0.25, 0.3) is 21.7 Å². The van der Waals surface area contributed by atoms with E-state index in [4.69, 9.17) is 10.5 Å². The van der Waals surface area contributed by atoms with Crippen LogP contribution in [0.15, 0.2) is 84.5 Å². The van der Waals surface area contributed by atoms with Gasteiger partial charge in [0.1, 0.15) is 35.3 Å². The van der Waals surface area contributed by atoms with Crippen LogP contribution in [0.5, 0.6) is 5.75 Å². The fourth-order valence-electron chi connectivity index (χ4n) is 7.83. The van der Waals surface area contributed by atoms with Crippen molar-refractivity contribution in [3.8, 4) is 27.4 Å². The van der Waals surface area contributed by atoms with Gasteiger partial charge in [0.2, 0.25) is 17.7 Å². The van der Waals surface area contributed by atoms with E-state index in [0.717, 1.165) is 27.8 Å². The zero-order chi connectivity index (χ0) is 51.4. The third kappa shape index (κ3) is 12.4. The summed E-state index contributed by atoms with van der Waals surface area (Å²) in [5, 5.41) is 30.6. The van der Waals surface area contributed by atoms with Gasteiger partial charge in [0.15, 0.2) is 11.6 Å². The SMILES string of the molecule is Cc1ncsc1-c1ccc(CNC(=O)[C@@H]2C[C@@H](O)CN2C(=O)[C@@H](NC(=O)CCn2ccc(Nc3n[nH]c(-c4ccc(NS(=O)(=O)C(F)F)c(O[C@@H](C)c5ccc(F)cc5)c4)c3C(N)=O)n2)C(C)(C)C)cc1. The first kappa shape index (κ1) is 51.5.